The molecule has 1 fully saturated rings. The van der Waals surface area contributed by atoms with Crippen LogP contribution in [-0.4, -0.2) is 27.4 Å². The molecule has 2 rings (SSSR count). The van der Waals surface area contributed by atoms with Gasteiger partial charge in [0.05, 0.1) is 0 Å². The number of hydrogen-bond acceptors (Lipinski definition) is 3. The molecule has 0 saturated heterocycles. The molecule has 2 atom stereocenters. The molecular weight excluding hydrogens is 224 g/mol. The van der Waals surface area contributed by atoms with Crippen molar-refractivity contribution in [2.45, 2.75) is 57.9 Å². The van der Waals surface area contributed by atoms with Crippen molar-refractivity contribution in [1.82, 2.24) is 20.1 Å². The third kappa shape index (κ3) is 3.80. The molecule has 4 nitrogen and oxygen atoms in total. The third-order valence-electron chi connectivity index (χ3n) is 3.99. The molecule has 1 saturated carbocycles. The molecule has 4 heteroatoms. The lowest BCUT2D eigenvalue weighted by Crippen LogP contribution is -2.31. The van der Waals surface area contributed by atoms with Crippen molar-refractivity contribution in [2.75, 3.05) is 6.54 Å². The lowest BCUT2D eigenvalue weighted by Gasteiger charge is -2.20. The summed E-state index contributed by atoms with van der Waals surface area (Å²) in [6.07, 6.45) is 10.7. The summed E-state index contributed by atoms with van der Waals surface area (Å²) in [5.41, 5.74) is 0. The van der Waals surface area contributed by atoms with Crippen molar-refractivity contribution >= 4 is 0 Å². The predicted molar refractivity (Wildman–Crippen MR) is 73.4 cm³/mol. The minimum Gasteiger partial charge on any atom is -0.314 e. The fourth-order valence-corrected chi connectivity index (χ4v) is 2.94. The Bertz CT molecular complexity index is 347. The van der Waals surface area contributed by atoms with Crippen LogP contribution in [0.15, 0.2) is 6.33 Å². The second-order valence-corrected chi connectivity index (χ2v) is 5.54. The van der Waals surface area contributed by atoms with Gasteiger partial charge in [0.25, 0.3) is 0 Å². The molecule has 102 valence electrons. The minimum atomic E-state index is 0.714. The summed E-state index contributed by atoms with van der Waals surface area (Å²) in [5, 5.41) is 7.86. The van der Waals surface area contributed by atoms with Crippen LogP contribution in [0.25, 0.3) is 0 Å². The van der Waals surface area contributed by atoms with Gasteiger partial charge in [-0.1, -0.05) is 19.8 Å². The van der Waals surface area contributed by atoms with Crippen LogP contribution in [0.1, 0.15) is 51.3 Å². The largest absolute Gasteiger partial charge is 0.314 e. The summed E-state index contributed by atoms with van der Waals surface area (Å²) in [6, 6.07) is 0.714. The van der Waals surface area contributed by atoms with Crippen molar-refractivity contribution in [3.8, 4) is 0 Å². The molecule has 0 radical (unpaired) electrons. The monoisotopic (exact) mass is 250 g/mol. The van der Waals surface area contributed by atoms with Gasteiger partial charge < -0.3 is 5.32 Å². The molecule has 2 unspecified atom stereocenters. The lowest BCUT2D eigenvalue weighted by atomic mass is 9.94. The Morgan fingerprint density at radius 1 is 1.39 bits per heavy atom. The average molecular weight is 250 g/mol. The zero-order valence-corrected chi connectivity index (χ0v) is 11.7. The Labute approximate surface area is 110 Å². The number of aryl methyl sites for hydroxylation is 1. The first kappa shape index (κ1) is 13.5. The highest BCUT2D eigenvalue weighted by Crippen LogP contribution is 2.25. The zero-order valence-electron chi connectivity index (χ0n) is 11.7. The number of nitrogens with one attached hydrogen (secondary N) is 1. The van der Waals surface area contributed by atoms with Crippen LogP contribution in [-0.2, 0) is 13.5 Å². The van der Waals surface area contributed by atoms with E-state index in [1.165, 1.54) is 38.5 Å². The van der Waals surface area contributed by atoms with Crippen LogP contribution in [0.3, 0.4) is 0 Å². The van der Waals surface area contributed by atoms with Gasteiger partial charge in [0.1, 0.15) is 12.2 Å². The van der Waals surface area contributed by atoms with Gasteiger partial charge in [0.15, 0.2) is 0 Å². The molecule has 0 aromatic carbocycles. The molecule has 1 aromatic rings. The zero-order chi connectivity index (χ0) is 12.8. The van der Waals surface area contributed by atoms with Crippen LogP contribution in [0.2, 0.25) is 0 Å². The van der Waals surface area contributed by atoms with Crippen LogP contribution >= 0.6 is 0 Å². The lowest BCUT2D eigenvalue weighted by molar-refractivity contribution is 0.376. The van der Waals surface area contributed by atoms with Gasteiger partial charge in [-0.2, -0.15) is 5.10 Å². The molecule has 1 N–H and O–H groups in total. The van der Waals surface area contributed by atoms with Crippen molar-refractivity contribution < 1.29 is 0 Å². The number of hydrogen-bond donors (Lipinski definition) is 1. The van der Waals surface area contributed by atoms with Crippen LogP contribution in [0.4, 0.5) is 0 Å². The van der Waals surface area contributed by atoms with Gasteiger partial charge in [-0.3, -0.25) is 4.68 Å². The van der Waals surface area contributed by atoms with Crippen molar-refractivity contribution in [3.63, 3.8) is 0 Å². The van der Waals surface area contributed by atoms with E-state index in [1.807, 2.05) is 11.7 Å². The van der Waals surface area contributed by atoms with Gasteiger partial charge in [0.2, 0.25) is 0 Å². The van der Waals surface area contributed by atoms with E-state index in [4.69, 9.17) is 0 Å². The Morgan fingerprint density at radius 2 is 2.22 bits per heavy atom. The van der Waals surface area contributed by atoms with E-state index in [2.05, 4.69) is 22.3 Å². The molecule has 1 aromatic heterocycles. The van der Waals surface area contributed by atoms with Crippen LogP contribution < -0.4 is 5.32 Å². The fourth-order valence-electron chi connectivity index (χ4n) is 2.94. The number of nitrogens with zero attached hydrogens (tertiary/aromatic N) is 3. The van der Waals surface area contributed by atoms with E-state index in [0.29, 0.717) is 6.04 Å². The highest BCUT2D eigenvalue weighted by Gasteiger charge is 2.21. The van der Waals surface area contributed by atoms with Crippen LogP contribution in [0, 0.1) is 5.92 Å². The first-order valence-corrected chi connectivity index (χ1v) is 7.35. The molecule has 1 aliphatic carbocycles. The molecule has 1 heterocycles. The summed E-state index contributed by atoms with van der Waals surface area (Å²) < 4.78 is 1.92. The SMILES string of the molecule is CCCNC1CCCCC(Cc2ncnn2C)C1. The Balaban J connectivity index is 1.88. The van der Waals surface area contributed by atoms with Gasteiger partial charge >= 0.3 is 0 Å². The van der Waals surface area contributed by atoms with Gasteiger partial charge in [-0.15, -0.1) is 0 Å². The molecule has 18 heavy (non-hydrogen) atoms. The normalized spacial score (nSPS) is 25.0. The molecule has 0 aliphatic heterocycles. The molecule has 0 bridgehead atoms. The first-order chi connectivity index (χ1) is 8.79. The van der Waals surface area contributed by atoms with Gasteiger partial charge in [-0.25, -0.2) is 4.98 Å². The highest BCUT2D eigenvalue weighted by atomic mass is 15.3. The summed E-state index contributed by atoms with van der Waals surface area (Å²) in [5.74, 6) is 1.90. The predicted octanol–water partition coefficient (Wildman–Crippen LogP) is 2.31. The van der Waals surface area contributed by atoms with Crippen molar-refractivity contribution in [2.24, 2.45) is 13.0 Å². The van der Waals surface area contributed by atoms with Crippen molar-refractivity contribution in [3.05, 3.63) is 12.2 Å². The molecule has 0 amide bonds. The van der Waals surface area contributed by atoms with Crippen molar-refractivity contribution in [1.29, 1.82) is 0 Å². The Hall–Kier alpha value is -0.900. The van der Waals surface area contributed by atoms with E-state index in [1.54, 1.807) is 6.33 Å². The van der Waals surface area contributed by atoms with E-state index in [0.717, 1.165) is 24.7 Å². The molecular formula is C14H26N4. The second-order valence-electron chi connectivity index (χ2n) is 5.54. The maximum Gasteiger partial charge on any atom is 0.138 e. The number of aromatic nitrogens is 3. The smallest absolute Gasteiger partial charge is 0.138 e. The summed E-state index contributed by atoms with van der Waals surface area (Å²) >= 11 is 0. The Morgan fingerprint density at radius 3 is 2.94 bits per heavy atom. The van der Waals surface area contributed by atoms with E-state index >= 15 is 0 Å². The minimum absolute atomic E-state index is 0.714. The second kappa shape index (κ2) is 6.88. The fraction of sp³-hybridized carbons (Fsp3) is 0.857. The van der Waals surface area contributed by atoms with E-state index in [-0.39, 0.29) is 0 Å². The van der Waals surface area contributed by atoms with Gasteiger partial charge in [0, 0.05) is 19.5 Å². The maximum atomic E-state index is 4.36. The standard InChI is InChI=1S/C14H26N4/c1-3-8-15-13-7-5-4-6-12(9-13)10-14-16-11-17-18(14)2/h11-13,15H,3-10H2,1-2H3. The molecule has 1 aliphatic rings. The Kier molecular flexibility index (Phi) is 5.17. The maximum absolute atomic E-state index is 4.36. The van der Waals surface area contributed by atoms with E-state index < -0.39 is 0 Å². The highest BCUT2D eigenvalue weighted by molar-refractivity contribution is 4.88. The average Bonchev–Trinajstić information content (AvgIpc) is 2.64. The van der Waals surface area contributed by atoms with Gasteiger partial charge in [-0.05, 0) is 38.1 Å². The summed E-state index contributed by atoms with van der Waals surface area (Å²) in [4.78, 5) is 4.36. The van der Waals surface area contributed by atoms with Crippen LogP contribution in [0.5, 0.6) is 0 Å². The molecule has 0 spiro atoms. The topological polar surface area (TPSA) is 42.7 Å². The summed E-state index contributed by atoms with van der Waals surface area (Å²) in [6.45, 7) is 3.39. The third-order valence-corrected chi connectivity index (χ3v) is 3.99. The number of rotatable bonds is 5. The quantitative estimate of drug-likeness (QED) is 0.815. The summed E-state index contributed by atoms with van der Waals surface area (Å²) in [7, 11) is 1.99. The van der Waals surface area contributed by atoms with E-state index in [9.17, 15) is 0 Å². The first-order valence-electron chi connectivity index (χ1n) is 7.35.